The van der Waals surface area contributed by atoms with Gasteiger partial charge in [0.2, 0.25) is 5.91 Å². The van der Waals surface area contributed by atoms with Gasteiger partial charge in [-0.15, -0.1) is 0 Å². The van der Waals surface area contributed by atoms with Crippen LogP contribution in [0.2, 0.25) is 0 Å². The molecule has 0 bridgehead atoms. The van der Waals surface area contributed by atoms with Crippen molar-refractivity contribution in [2.45, 2.75) is 38.6 Å². The first kappa shape index (κ1) is 15.4. The zero-order valence-corrected chi connectivity index (χ0v) is 11.6. The van der Waals surface area contributed by atoms with Crippen LogP contribution in [0, 0.1) is 17.2 Å². The zero-order chi connectivity index (χ0) is 14.3. The second-order valence-corrected chi connectivity index (χ2v) is 5.22. The van der Waals surface area contributed by atoms with E-state index in [9.17, 15) is 9.59 Å². The van der Waals surface area contributed by atoms with E-state index in [0.29, 0.717) is 5.92 Å². The molecule has 6 heteroatoms. The summed E-state index contributed by atoms with van der Waals surface area (Å²) in [6.45, 7) is 2.32. The fraction of sp³-hybridized carbons (Fsp3) is 0.769. The summed E-state index contributed by atoms with van der Waals surface area (Å²) >= 11 is 0. The molecule has 0 aromatic heterocycles. The van der Waals surface area contributed by atoms with E-state index in [-0.39, 0.29) is 19.1 Å². The molecule has 3 amide bonds. The summed E-state index contributed by atoms with van der Waals surface area (Å²) in [5, 5.41) is 13.6. The molecule has 0 spiro atoms. The Kier molecular flexibility index (Phi) is 6.30. The summed E-state index contributed by atoms with van der Waals surface area (Å²) in [6, 6.07) is 1.66. The minimum Gasteiger partial charge on any atom is -0.335 e. The predicted molar refractivity (Wildman–Crippen MR) is 71.2 cm³/mol. The smallest absolute Gasteiger partial charge is 0.321 e. The molecule has 19 heavy (non-hydrogen) atoms. The van der Waals surface area contributed by atoms with Crippen LogP contribution in [-0.2, 0) is 4.79 Å². The van der Waals surface area contributed by atoms with Crippen LogP contribution < -0.4 is 10.6 Å². The lowest BCUT2D eigenvalue weighted by atomic mass is 9.86. The van der Waals surface area contributed by atoms with Crippen LogP contribution in [-0.4, -0.2) is 43.0 Å². The molecule has 2 atom stereocenters. The van der Waals surface area contributed by atoms with Gasteiger partial charge in [-0.3, -0.25) is 15.0 Å². The number of nitriles is 1. The van der Waals surface area contributed by atoms with Crippen molar-refractivity contribution < 1.29 is 9.59 Å². The lowest BCUT2D eigenvalue weighted by Crippen LogP contribution is -2.49. The molecular formula is C13H22N4O2. The Hall–Kier alpha value is -1.61. The highest BCUT2D eigenvalue weighted by Crippen LogP contribution is 2.23. The molecule has 1 rings (SSSR count). The van der Waals surface area contributed by atoms with Gasteiger partial charge < -0.3 is 5.32 Å². The van der Waals surface area contributed by atoms with Gasteiger partial charge in [-0.25, -0.2) is 4.79 Å². The molecule has 1 aliphatic rings. The Balaban J connectivity index is 2.30. The first-order valence-corrected chi connectivity index (χ1v) is 6.68. The molecule has 1 fully saturated rings. The molecule has 0 aromatic carbocycles. The molecule has 0 aromatic rings. The summed E-state index contributed by atoms with van der Waals surface area (Å²) in [5.41, 5.74) is 0. The quantitative estimate of drug-likeness (QED) is 0.739. The van der Waals surface area contributed by atoms with Crippen molar-refractivity contribution in [3.8, 4) is 6.07 Å². The third-order valence-corrected chi connectivity index (χ3v) is 3.44. The molecule has 2 unspecified atom stereocenters. The fourth-order valence-electron chi connectivity index (χ4n) is 2.32. The van der Waals surface area contributed by atoms with Crippen LogP contribution in [0.1, 0.15) is 32.6 Å². The minimum atomic E-state index is -0.436. The molecule has 0 heterocycles. The standard InChI is InChI=1S/C13H22N4O2/c1-10-5-3-4-6-11(10)15-13(19)16-12(18)9-17(2)8-7-14/h10-11H,3-6,8-9H2,1-2H3,(H2,15,16,18,19). The first-order valence-electron chi connectivity index (χ1n) is 6.68. The van der Waals surface area contributed by atoms with E-state index in [4.69, 9.17) is 5.26 Å². The van der Waals surface area contributed by atoms with Crippen LogP contribution in [0.3, 0.4) is 0 Å². The van der Waals surface area contributed by atoms with Crippen LogP contribution in [0.15, 0.2) is 0 Å². The topological polar surface area (TPSA) is 85.2 Å². The lowest BCUT2D eigenvalue weighted by Gasteiger charge is -2.29. The SMILES string of the molecule is CC1CCCCC1NC(=O)NC(=O)CN(C)CC#N. The number of carbonyl (C=O) groups is 2. The molecule has 2 N–H and O–H groups in total. The Morgan fingerprint density at radius 2 is 2.05 bits per heavy atom. The molecule has 106 valence electrons. The van der Waals surface area contributed by atoms with E-state index >= 15 is 0 Å². The van der Waals surface area contributed by atoms with E-state index in [1.165, 1.54) is 6.42 Å². The normalized spacial score (nSPS) is 22.6. The number of hydrogen-bond donors (Lipinski definition) is 2. The van der Waals surface area contributed by atoms with Gasteiger partial charge in [0.15, 0.2) is 0 Å². The van der Waals surface area contributed by atoms with Crippen molar-refractivity contribution in [2.75, 3.05) is 20.1 Å². The van der Waals surface area contributed by atoms with Gasteiger partial charge >= 0.3 is 6.03 Å². The molecule has 0 aliphatic heterocycles. The summed E-state index contributed by atoms with van der Waals surface area (Å²) in [7, 11) is 1.66. The van der Waals surface area contributed by atoms with Gasteiger partial charge in [-0.2, -0.15) is 5.26 Å². The van der Waals surface area contributed by atoms with Gasteiger partial charge in [0, 0.05) is 6.04 Å². The van der Waals surface area contributed by atoms with Crippen molar-refractivity contribution in [2.24, 2.45) is 5.92 Å². The average Bonchev–Trinajstić information content (AvgIpc) is 2.31. The van der Waals surface area contributed by atoms with Gasteiger partial charge in [-0.1, -0.05) is 19.8 Å². The predicted octanol–water partition coefficient (Wildman–Crippen LogP) is 0.846. The van der Waals surface area contributed by atoms with Gasteiger partial charge in [0.1, 0.15) is 0 Å². The van der Waals surface area contributed by atoms with Gasteiger partial charge in [0.05, 0.1) is 19.2 Å². The number of hydrogen-bond acceptors (Lipinski definition) is 4. The number of amides is 3. The maximum absolute atomic E-state index is 11.7. The van der Waals surface area contributed by atoms with Crippen molar-refractivity contribution in [3.63, 3.8) is 0 Å². The van der Waals surface area contributed by atoms with Gasteiger partial charge in [0.25, 0.3) is 0 Å². The molecule has 0 radical (unpaired) electrons. The highest BCUT2D eigenvalue weighted by Gasteiger charge is 2.23. The zero-order valence-electron chi connectivity index (χ0n) is 11.6. The van der Waals surface area contributed by atoms with E-state index in [2.05, 4.69) is 17.6 Å². The number of likely N-dealkylation sites (N-methyl/N-ethyl adjacent to an activating group) is 1. The molecule has 1 aliphatic carbocycles. The molecule has 6 nitrogen and oxygen atoms in total. The van der Waals surface area contributed by atoms with Gasteiger partial charge in [-0.05, 0) is 25.8 Å². The maximum Gasteiger partial charge on any atom is 0.321 e. The fourth-order valence-corrected chi connectivity index (χ4v) is 2.32. The van der Waals surface area contributed by atoms with Crippen LogP contribution in [0.5, 0.6) is 0 Å². The van der Waals surface area contributed by atoms with Crippen molar-refractivity contribution in [3.05, 3.63) is 0 Å². The number of urea groups is 1. The summed E-state index contributed by atoms with van der Waals surface area (Å²) in [5.74, 6) is 0.0644. The number of carbonyl (C=O) groups excluding carboxylic acids is 2. The number of nitrogens with zero attached hydrogens (tertiary/aromatic N) is 2. The third-order valence-electron chi connectivity index (χ3n) is 3.44. The minimum absolute atomic E-state index is 0.0429. The van der Waals surface area contributed by atoms with E-state index in [0.717, 1.165) is 19.3 Å². The highest BCUT2D eigenvalue weighted by molar-refractivity contribution is 5.95. The number of nitrogens with one attached hydrogen (secondary N) is 2. The Morgan fingerprint density at radius 3 is 2.68 bits per heavy atom. The maximum atomic E-state index is 11.7. The molecule has 1 saturated carbocycles. The monoisotopic (exact) mass is 266 g/mol. The largest absolute Gasteiger partial charge is 0.335 e. The van der Waals surface area contributed by atoms with Crippen molar-refractivity contribution in [1.29, 1.82) is 5.26 Å². The van der Waals surface area contributed by atoms with Crippen LogP contribution >= 0.6 is 0 Å². The highest BCUT2D eigenvalue weighted by atomic mass is 16.2. The van der Waals surface area contributed by atoms with E-state index in [1.54, 1.807) is 11.9 Å². The Bertz CT molecular complexity index is 364. The van der Waals surface area contributed by atoms with Crippen LogP contribution in [0.25, 0.3) is 0 Å². The lowest BCUT2D eigenvalue weighted by molar-refractivity contribution is -0.120. The van der Waals surface area contributed by atoms with E-state index in [1.807, 2.05) is 6.07 Å². The number of imide groups is 1. The van der Waals surface area contributed by atoms with Crippen molar-refractivity contribution in [1.82, 2.24) is 15.5 Å². The Labute approximate surface area is 114 Å². The second-order valence-electron chi connectivity index (χ2n) is 5.22. The van der Waals surface area contributed by atoms with E-state index < -0.39 is 11.9 Å². The summed E-state index contributed by atoms with van der Waals surface area (Å²) in [6.07, 6.45) is 4.41. The molecule has 0 saturated heterocycles. The van der Waals surface area contributed by atoms with Crippen molar-refractivity contribution >= 4 is 11.9 Å². The summed E-state index contributed by atoms with van der Waals surface area (Å²) < 4.78 is 0. The average molecular weight is 266 g/mol. The third kappa shape index (κ3) is 5.71. The Morgan fingerprint density at radius 1 is 1.37 bits per heavy atom. The van der Waals surface area contributed by atoms with Crippen LogP contribution in [0.4, 0.5) is 4.79 Å². The summed E-state index contributed by atoms with van der Waals surface area (Å²) in [4.78, 5) is 24.8. The number of rotatable bonds is 4. The second kappa shape index (κ2) is 7.74. The first-order chi connectivity index (χ1) is 9.02. The molecular weight excluding hydrogens is 244 g/mol.